The van der Waals surface area contributed by atoms with Gasteiger partial charge in [-0.2, -0.15) is 0 Å². The molecule has 1 saturated carbocycles. The van der Waals surface area contributed by atoms with E-state index >= 15 is 0 Å². The van der Waals surface area contributed by atoms with Crippen LogP contribution in [0.4, 0.5) is 5.69 Å². The zero-order chi connectivity index (χ0) is 25.4. The molecule has 34 heavy (non-hydrogen) atoms. The molecule has 3 aliphatic rings. The second-order valence-electron chi connectivity index (χ2n) is 8.80. The van der Waals surface area contributed by atoms with Crippen molar-refractivity contribution in [3.8, 4) is 5.75 Å². The van der Waals surface area contributed by atoms with Gasteiger partial charge >= 0.3 is 5.69 Å². The van der Waals surface area contributed by atoms with Crippen LogP contribution < -0.4 is 5.73 Å². The Kier molecular flexibility index (Phi) is 5.49. The number of ketones is 2. The summed E-state index contributed by atoms with van der Waals surface area (Å²) in [5.74, 6) is -8.06. The van der Waals surface area contributed by atoms with Gasteiger partial charge in [0.25, 0.3) is 5.91 Å². The Morgan fingerprint density at radius 1 is 1.29 bits per heavy atom. The topological polar surface area (TPSA) is 205 Å². The van der Waals surface area contributed by atoms with Gasteiger partial charge in [0.2, 0.25) is 11.5 Å². The van der Waals surface area contributed by atoms with Crippen molar-refractivity contribution in [3.63, 3.8) is 0 Å². The van der Waals surface area contributed by atoms with E-state index in [1.54, 1.807) is 0 Å². The normalized spacial score (nSPS) is 28.6. The molecule has 0 aromatic heterocycles. The van der Waals surface area contributed by atoms with Crippen molar-refractivity contribution in [2.75, 3.05) is 14.1 Å². The number of likely N-dealkylation sites (N-methyl/N-ethyl adjacent to an activating group) is 1. The molecule has 1 unspecified atom stereocenters. The number of fused-ring (bicyclic) bond motifs is 3. The minimum absolute atomic E-state index is 0.0560. The van der Waals surface area contributed by atoms with Crippen LogP contribution in [0, 0.1) is 25.5 Å². The molecule has 0 saturated heterocycles. The number of phenolic OH excluding ortho intramolecular Hbond substituents is 1. The quantitative estimate of drug-likeness (QED) is 0.144. The number of primary amides is 1. The molecule has 1 fully saturated rings. The number of rotatable bonds is 3. The molecular weight excluding hydrogens is 565 g/mol. The zero-order valence-corrected chi connectivity index (χ0v) is 20.1. The molecule has 13 heteroatoms. The highest BCUT2D eigenvalue weighted by Gasteiger charge is 2.64. The number of halogens is 1. The summed E-state index contributed by atoms with van der Waals surface area (Å²) in [7, 11) is 3.01. The molecule has 0 spiro atoms. The molecule has 0 heterocycles. The Morgan fingerprint density at radius 3 is 2.44 bits per heavy atom. The van der Waals surface area contributed by atoms with E-state index < -0.39 is 74.4 Å². The van der Waals surface area contributed by atoms with E-state index in [0.717, 1.165) is 6.07 Å². The number of Topliss-reactive ketones (excluding diaryl/α,β-unsaturated/α-hetero) is 2. The zero-order valence-electron chi connectivity index (χ0n) is 17.9. The van der Waals surface area contributed by atoms with Crippen LogP contribution in [0.2, 0.25) is 0 Å². The maximum absolute atomic E-state index is 13.6. The Morgan fingerprint density at radius 2 is 1.91 bits per heavy atom. The minimum atomic E-state index is -2.76. The Labute approximate surface area is 205 Å². The number of nitrogens with zero attached hydrogens (tertiary/aromatic N) is 2. The number of carbonyl (C=O) groups is 3. The number of benzene rings is 1. The number of nitrogens with two attached hydrogens (primary N) is 1. The van der Waals surface area contributed by atoms with Crippen molar-refractivity contribution < 1.29 is 39.7 Å². The van der Waals surface area contributed by atoms with Gasteiger partial charge in [-0.05, 0) is 61.0 Å². The molecule has 4 rings (SSSR count). The fraction of sp³-hybridized carbons (Fsp3) is 0.381. The fourth-order valence-corrected chi connectivity index (χ4v) is 6.18. The van der Waals surface area contributed by atoms with Gasteiger partial charge < -0.3 is 26.2 Å². The van der Waals surface area contributed by atoms with Crippen molar-refractivity contribution in [1.29, 1.82) is 0 Å². The molecule has 0 aliphatic heterocycles. The first-order chi connectivity index (χ1) is 15.7. The van der Waals surface area contributed by atoms with Crippen LogP contribution in [0.15, 0.2) is 23.0 Å². The Balaban J connectivity index is 2.01. The Bertz CT molecular complexity index is 1270. The summed E-state index contributed by atoms with van der Waals surface area (Å²) in [4.78, 5) is 50.5. The summed E-state index contributed by atoms with van der Waals surface area (Å²) in [6, 6.07) is -0.0316. The molecule has 0 radical (unpaired) electrons. The number of aromatic hydroxyl groups is 1. The molecule has 4 atom stereocenters. The molecule has 1 aromatic rings. The van der Waals surface area contributed by atoms with E-state index in [-0.39, 0.29) is 24.0 Å². The molecule has 3 aliphatic carbocycles. The van der Waals surface area contributed by atoms with Crippen LogP contribution >= 0.6 is 22.6 Å². The number of phenols is 1. The van der Waals surface area contributed by atoms with Gasteiger partial charge in [0, 0.05) is 21.1 Å². The van der Waals surface area contributed by atoms with E-state index in [4.69, 9.17) is 5.73 Å². The van der Waals surface area contributed by atoms with Crippen LogP contribution in [-0.4, -0.2) is 73.5 Å². The molecule has 1 amide bonds. The van der Waals surface area contributed by atoms with Crippen LogP contribution in [0.1, 0.15) is 17.5 Å². The van der Waals surface area contributed by atoms with Crippen LogP contribution in [0.25, 0.3) is 5.76 Å². The highest BCUT2D eigenvalue weighted by molar-refractivity contribution is 14.1. The number of carbonyl (C=O) groups excluding carboxylic acids is 3. The number of amides is 1. The van der Waals surface area contributed by atoms with Crippen molar-refractivity contribution in [2.45, 2.75) is 24.5 Å². The monoisotopic (exact) mass is 585 g/mol. The number of aliphatic hydroxyl groups excluding tert-OH is 2. The number of aliphatic hydroxyl groups is 3. The lowest BCUT2D eigenvalue weighted by molar-refractivity contribution is -0.386. The van der Waals surface area contributed by atoms with Gasteiger partial charge in [-0.1, -0.05) is 0 Å². The van der Waals surface area contributed by atoms with Gasteiger partial charge in [0.1, 0.15) is 17.1 Å². The van der Waals surface area contributed by atoms with E-state index in [2.05, 4.69) is 0 Å². The predicted octanol–water partition coefficient (Wildman–Crippen LogP) is 0.477. The molecule has 12 nitrogen and oxygen atoms in total. The van der Waals surface area contributed by atoms with Crippen molar-refractivity contribution >= 4 is 51.5 Å². The summed E-state index contributed by atoms with van der Waals surface area (Å²) in [5, 5.41) is 55.1. The lowest BCUT2D eigenvalue weighted by Gasteiger charge is -2.50. The molecule has 1 aromatic carbocycles. The van der Waals surface area contributed by atoms with E-state index in [1.807, 2.05) is 22.6 Å². The number of hydrogen-bond donors (Lipinski definition) is 5. The van der Waals surface area contributed by atoms with Gasteiger partial charge in [0.15, 0.2) is 11.4 Å². The first kappa shape index (κ1) is 24.1. The highest BCUT2D eigenvalue weighted by Crippen LogP contribution is 2.53. The molecule has 0 bridgehead atoms. The average molecular weight is 585 g/mol. The standard InChI is InChI=1S/C21H20IN3O9/c1-24(2)14-8-4-6-3-7-9(22)5-10(25(33)34)15(26)12(7)16(27)11(6)18(29)21(8,32)19(30)13(17(14)28)20(23)31/h5-6,8,14,26-27,30,32H,3-4H2,1-2H3,(H2,23,31)/t6-,8-,14?,21-/m0/s1. The first-order valence-corrected chi connectivity index (χ1v) is 11.2. The second kappa shape index (κ2) is 7.74. The molecular formula is C21H20IN3O9. The van der Waals surface area contributed by atoms with Gasteiger partial charge in [-0.3, -0.25) is 29.4 Å². The maximum atomic E-state index is 13.6. The van der Waals surface area contributed by atoms with Crippen molar-refractivity contribution in [3.05, 3.63) is 47.8 Å². The Hall–Kier alpha value is -3.04. The number of nitro groups is 1. The minimum Gasteiger partial charge on any atom is -0.508 e. The highest BCUT2D eigenvalue weighted by atomic mass is 127. The first-order valence-electron chi connectivity index (χ1n) is 10.1. The van der Waals surface area contributed by atoms with Crippen LogP contribution in [-0.2, 0) is 20.8 Å². The SMILES string of the molecule is CN(C)C1C(=O)C(C(N)=O)=C(O)[C@@]2(O)C(=O)C3=C(O)c4c(O)c([N+](=O)[O-])cc(I)c4C[C@H]3C[C@@H]12. The summed E-state index contributed by atoms with van der Waals surface area (Å²) in [6.07, 6.45) is 0.0119. The third-order valence-electron chi connectivity index (χ3n) is 6.84. The lowest BCUT2D eigenvalue weighted by atomic mass is 9.57. The smallest absolute Gasteiger partial charge is 0.312 e. The van der Waals surface area contributed by atoms with Gasteiger partial charge in [-0.25, -0.2) is 0 Å². The van der Waals surface area contributed by atoms with Crippen molar-refractivity contribution in [1.82, 2.24) is 4.90 Å². The third kappa shape index (κ3) is 2.99. The summed E-state index contributed by atoms with van der Waals surface area (Å²) >= 11 is 1.82. The molecule has 180 valence electrons. The predicted molar refractivity (Wildman–Crippen MR) is 124 cm³/mol. The average Bonchev–Trinajstić information content (AvgIpc) is 2.72. The van der Waals surface area contributed by atoms with Crippen LogP contribution in [0.5, 0.6) is 5.75 Å². The van der Waals surface area contributed by atoms with Gasteiger partial charge in [0.05, 0.1) is 16.5 Å². The van der Waals surface area contributed by atoms with E-state index in [0.29, 0.717) is 9.13 Å². The van der Waals surface area contributed by atoms with E-state index in [1.165, 1.54) is 19.0 Å². The summed E-state index contributed by atoms with van der Waals surface area (Å²) in [6.45, 7) is 0. The maximum Gasteiger partial charge on any atom is 0.312 e. The third-order valence-corrected chi connectivity index (χ3v) is 7.81. The van der Waals surface area contributed by atoms with Crippen LogP contribution in [0.3, 0.4) is 0 Å². The lowest BCUT2D eigenvalue weighted by Crippen LogP contribution is -2.65. The van der Waals surface area contributed by atoms with Gasteiger partial charge in [-0.15, -0.1) is 0 Å². The summed E-state index contributed by atoms with van der Waals surface area (Å²) in [5.41, 5.74) is 0.619. The number of nitro benzene ring substituents is 1. The fourth-order valence-electron chi connectivity index (χ4n) is 5.39. The summed E-state index contributed by atoms with van der Waals surface area (Å²) < 4.78 is 0.374. The largest absolute Gasteiger partial charge is 0.508 e. The molecule has 6 N–H and O–H groups in total. The van der Waals surface area contributed by atoms with Crippen molar-refractivity contribution in [2.24, 2.45) is 17.6 Å². The van der Waals surface area contributed by atoms with E-state index in [9.17, 15) is 44.9 Å². The second-order valence-corrected chi connectivity index (χ2v) is 9.96. The number of hydrogen-bond acceptors (Lipinski definition) is 10.